The summed E-state index contributed by atoms with van der Waals surface area (Å²) in [6, 6.07) is 5.90. The van der Waals surface area contributed by atoms with Crippen molar-refractivity contribution in [2.75, 3.05) is 0 Å². The molecule has 0 aromatic heterocycles. The van der Waals surface area contributed by atoms with Gasteiger partial charge in [0.25, 0.3) is 0 Å². The van der Waals surface area contributed by atoms with Gasteiger partial charge >= 0.3 is 0 Å². The van der Waals surface area contributed by atoms with Crippen LogP contribution in [0.25, 0.3) is 0 Å². The molecular weight excluding hydrogens is 152 g/mol. The van der Waals surface area contributed by atoms with Crippen LogP contribution in [0.1, 0.15) is 23.5 Å². The van der Waals surface area contributed by atoms with Gasteiger partial charge in [-0.25, -0.2) is 0 Å². The van der Waals surface area contributed by atoms with Gasteiger partial charge in [-0.3, -0.25) is 0 Å². The summed E-state index contributed by atoms with van der Waals surface area (Å²) in [5, 5.41) is 9.08. The van der Waals surface area contributed by atoms with Gasteiger partial charge in [-0.1, -0.05) is 12.1 Å². The summed E-state index contributed by atoms with van der Waals surface area (Å²) < 4.78 is 5.61. The van der Waals surface area contributed by atoms with Crippen molar-refractivity contribution >= 4 is 0 Å². The fourth-order valence-electron chi connectivity index (χ4n) is 2.02. The van der Waals surface area contributed by atoms with Crippen molar-refractivity contribution in [3.8, 4) is 5.75 Å². The average Bonchev–Trinajstić information content (AvgIpc) is 2.77. The Morgan fingerprint density at radius 2 is 2.42 bits per heavy atom. The molecule has 1 aromatic rings. The van der Waals surface area contributed by atoms with Crippen molar-refractivity contribution in [3.05, 3.63) is 29.3 Å². The number of benzene rings is 1. The van der Waals surface area contributed by atoms with Gasteiger partial charge < -0.3 is 9.84 Å². The first-order chi connectivity index (χ1) is 5.90. The molecule has 2 heteroatoms. The topological polar surface area (TPSA) is 29.5 Å². The molecule has 12 heavy (non-hydrogen) atoms. The predicted molar refractivity (Wildman–Crippen MR) is 44.1 cm³/mol. The summed E-state index contributed by atoms with van der Waals surface area (Å²) in [6.45, 7) is 0.135. The lowest BCUT2D eigenvalue weighted by atomic mass is 10.0. The van der Waals surface area contributed by atoms with Crippen LogP contribution in [0.3, 0.4) is 0 Å². The van der Waals surface area contributed by atoms with Crippen molar-refractivity contribution in [2.45, 2.75) is 25.0 Å². The van der Waals surface area contributed by atoms with Crippen LogP contribution in [0.4, 0.5) is 0 Å². The largest absolute Gasteiger partial charge is 0.489 e. The highest BCUT2D eigenvalue weighted by Crippen LogP contribution is 2.54. The predicted octanol–water partition coefficient (Wildman–Crippen LogP) is 1.43. The summed E-state index contributed by atoms with van der Waals surface area (Å²) in [7, 11) is 0. The van der Waals surface area contributed by atoms with Crippen LogP contribution in [0.15, 0.2) is 18.2 Å². The molecule has 1 heterocycles. The lowest BCUT2D eigenvalue weighted by Gasteiger charge is -2.06. The Kier molecular flexibility index (Phi) is 1.09. The molecule has 1 fully saturated rings. The standard InChI is InChI=1S/C10H10O2/c11-5-6-2-1-3-8-10(6)7-4-9(7)12-8/h1-3,7,9,11H,4-5H2. The summed E-state index contributed by atoms with van der Waals surface area (Å²) in [6.07, 6.45) is 1.57. The van der Waals surface area contributed by atoms with E-state index in [1.54, 1.807) is 0 Å². The number of aliphatic hydroxyl groups is 1. The summed E-state index contributed by atoms with van der Waals surface area (Å²) in [5.74, 6) is 1.58. The smallest absolute Gasteiger partial charge is 0.123 e. The molecular formula is C10H10O2. The fourth-order valence-corrected chi connectivity index (χ4v) is 2.02. The number of aliphatic hydroxyl groups excluding tert-OH is 1. The number of hydrogen-bond donors (Lipinski definition) is 1. The molecule has 62 valence electrons. The zero-order valence-electron chi connectivity index (χ0n) is 6.66. The molecule has 2 unspecified atom stereocenters. The van der Waals surface area contributed by atoms with Gasteiger partial charge in [-0.15, -0.1) is 0 Å². The second-order valence-corrected chi connectivity index (χ2v) is 3.49. The minimum Gasteiger partial charge on any atom is -0.489 e. The van der Waals surface area contributed by atoms with Crippen molar-refractivity contribution in [1.82, 2.24) is 0 Å². The van der Waals surface area contributed by atoms with E-state index in [4.69, 9.17) is 9.84 Å². The van der Waals surface area contributed by atoms with Gasteiger partial charge in [0.15, 0.2) is 0 Å². The SMILES string of the molecule is OCc1cccc2c1C1CC1O2. The number of hydrogen-bond acceptors (Lipinski definition) is 2. The first-order valence-corrected chi connectivity index (χ1v) is 4.29. The third-order valence-corrected chi connectivity index (χ3v) is 2.71. The van der Waals surface area contributed by atoms with Crippen molar-refractivity contribution in [3.63, 3.8) is 0 Å². The molecule has 1 N–H and O–H groups in total. The number of rotatable bonds is 1. The van der Waals surface area contributed by atoms with Crippen molar-refractivity contribution in [1.29, 1.82) is 0 Å². The molecule has 0 bridgehead atoms. The highest BCUT2D eigenvalue weighted by molar-refractivity contribution is 5.50. The molecule has 0 spiro atoms. The van der Waals surface area contributed by atoms with E-state index in [1.807, 2.05) is 18.2 Å². The Morgan fingerprint density at radius 3 is 3.25 bits per heavy atom. The van der Waals surface area contributed by atoms with Crippen LogP contribution in [-0.4, -0.2) is 11.2 Å². The second-order valence-electron chi connectivity index (χ2n) is 3.49. The molecule has 2 atom stereocenters. The average molecular weight is 162 g/mol. The van der Waals surface area contributed by atoms with Crippen LogP contribution in [0.5, 0.6) is 5.75 Å². The molecule has 1 aliphatic carbocycles. The number of ether oxygens (including phenoxy) is 1. The Hall–Kier alpha value is -1.02. The third-order valence-electron chi connectivity index (χ3n) is 2.71. The fraction of sp³-hybridized carbons (Fsp3) is 0.400. The highest BCUT2D eigenvalue weighted by Gasteiger charge is 2.48. The Bertz CT molecular complexity index is 333. The summed E-state index contributed by atoms with van der Waals surface area (Å²) in [5.41, 5.74) is 2.29. The first kappa shape index (κ1) is 6.49. The van der Waals surface area contributed by atoms with Crippen molar-refractivity contribution in [2.24, 2.45) is 0 Å². The van der Waals surface area contributed by atoms with E-state index in [-0.39, 0.29) is 6.61 Å². The quantitative estimate of drug-likeness (QED) is 0.676. The molecule has 2 aliphatic rings. The zero-order valence-corrected chi connectivity index (χ0v) is 6.66. The Morgan fingerprint density at radius 1 is 1.50 bits per heavy atom. The van der Waals surface area contributed by atoms with Gasteiger partial charge in [-0.05, 0) is 18.1 Å². The normalized spacial score (nSPS) is 29.1. The van der Waals surface area contributed by atoms with E-state index in [2.05, 4.69) is 0 Å². The molecule has 0 saturated heterocycles. The van der Waals surface area contributed by atoms with E-state index in [9.17, 15) is 0 Å². The summed E-state index contributed by atoms with van der Waals surface area (Å²) in [4.78, 5) is 0. The Balaban J connectivity index is 2.18. The third kappa shape index (κ3) is 0.681. The molecule has 2 nitrogen and oxygen atoms in total. The van der Waals surface area contributed by atoms with E-state index in [0.717, 1.165) is 17.7 Å². The van der Waals surface area contributed by atoms with Crippen molar-refractivity contribution < 1.29 is 9.84 Å². The lowest BCUT2D eigenvalue weighted by molar-refractivity contribution is 0.280. The molecule has 1 aliphatic heterocycles. The minimum absolute atomic E-state index is 0.135. The van der Waals surface area contributed by atoms with E-state index in [0.29, 0.717) is 12.0 Å². The first-order valence-electron chi connectivity index (χ1n) is 4.29. The van der Waals surface area contributed by atoms with Gasteiger partial charge in [-0.2, -0.15) is 0 Å². The minimum atomic E-state index is 0.135. The van der Waals surface area contributed by atoms with Crippen LogP contribution in [0.2, 0.25) is 0 Å². The lowest BCUT2D eigenvalue weighted by Crippen LogP contribution is -1.92. The maximum atomic E-state index is 9.08. The monoisotopic (exact) mass is 162 g/mol. The molecule has 1 aromatic carbocycles. The number of fused-ring (bicyclic) bond motifs is 3. The highest BCUT2D eigenvalue weighted by atomic mass is 16.5. The molecule has 0 amide bonds. The molecule has 1 saturated carbocycles. The van der Waals surface area contributed by atoms with Crippen LogP contribution in [0, 0.1) is 0 Å². The van der Waals surface area contributed by atoms with E-state index in [1.165, 1.54) is 5.56 Å². The second kappa shape index (κ2) is 2.02. The van der Waals surface area contributed by atoms with Crippen LogP contribution < -0.4 is 4.74 Å². The molecule has 3 rings (SSSR count). The van der Waals surface area contributed by atoms with Gasteiger partial charge in [0.2, 0.25) is 0 Å². The van der Waals surface area contributed by atoms with Crippen LogP contribution in [-0.2, 0) is 6.61 Å². The maximum absolute atomic E-state index is 9.08. The summed E-state index contributed by atoms with van der Waals surface area (Å²) >= 11 is 0. The zero-order chi connectivity index (χ0) is 8.13. The Labute approximate surface area is 70.8 Å². The van der Waals surface area contributed by atoms with Crippen LogP contribution >= 0.6 is 0 Å². The molecule has 0 radical (unpaired) electrons. The van der Waals surface area contributed by atoms with Gasteiger partial charge in [0.1, 0.15) is 11.9 Å². The van der Waals surface area contributed by atoms with Gasteiger partial charge in [0, 0.05) is 11.5 Å². The maximum Gasteiger partial charge on any atom is 0.123 e. The van der Waals surface area contributed by atoms with Gasteiger partial charge in [0.05, 0.1) is 6.61 Å². The van der Waals surface area contributed by atoms with E-state index < -0.39 is 0 Å². The van der Waals surface area contributed by atoms with E-state index >= 15 is 0 Å².